The molecule has 0 aliphatic heterocycles. The van der Waals surface area contributed by atoms with Crippen LogP contribution in [0.25, 0.3) is 0 Å². The summed E-state index contributed by atoms with van der Waals surface area (Å²) < 4.78 is 2.03. The third-order valence-corrected chi connectivity index (χ3v) is 9.47. The topological polar surface area (TPSA) is 40.6 Å². The average molecular weight is 561 g/mol. The van der Waals surface area contributed by atoms with Crippen LogP contribution in [-0.4, -0.2) is 115 Å². The molecule has 0 amide bonds. The van der Waals surface area contributed by atoms with E-state index in [0.717, 1.165) is 108 Å². The molecule has 0 aliphatic carbocycles. The standard InChI is InChI=1S/C30H48N4O2S2/c1-31(29-15-9-7-13-27(29)25-35)17-11-19-33(3,4)21-23-37-38-24-22-34(5,6)20-12-18-32(2)30-16-10-8-14-28(30)26-36/h7-10,13-16,25-26H,11-12,17-24H2,1-6H3/q+2. The van der Waals surface area contributed by atoms with Gasteiger partial charge >= 0.3 is 0 Å². The molecule has 8 heteroatoms. The fourth-order valence-electron chi connectivity index (χ4n) is 4.49. The molecule has 0 fully saturated rings. The number of aldehydes is 2. The van der Waals surface area contributed by atoms with Crippen LogP contribution < -0.4 is 9.80 Å². The summed E-state index contributed by atoms with van der Waals surface area (Å²) in [5.41, 5.74) is 3.53. The summed E-state index contributed by atoms with van der Waals surface area (Å²) in [6, 6.07) is 15.6. The maximum Gasteiger partial charge on any atom is 0.152 e. The zero-order valence-corrected chi connectivity index (χ0v) is 25.9. The summed E-state index contributed by atoms with van der Waals surface area (Å²) in [6.07, 6.45) is 4.07. The Morgan fingerprint density at radius 1 is 0.632 bits per heavy atom. The second-order valence-electron chi connectivity index (χ2n) is 11.3. The number of quaternary nitrogens is 2. The molecule has 2 rings (SSSR count). The predicted molar refractivity (Wildman–Crippen MR) is 168 cm³/mol. The van der Waals surface area contributed by atoms with Crippen molar-refractivity contribution in [3.8, 4) is 0 Å². The van der Waals surface area contributed by atoms with Gasteiger partial charge in [-0.25, -0.2) is 0 Å². The van der Waals surface area contributed by atoms with Gasteiger partial charge in [0.2, 0.25) is 0 Å². The molecule has 2 aromatic rings. The van der Waals surface area contributed by atoms with Crippen molar-refractivity contribution >= 4 is 45.5 Å². The van der Waals surface area contributed by atoms with Gasteiger partial charge in [-0.15, -0.1) is 0 Å². The summed E-state index contributed by atoms with van der Waals surface area (Å²) in [7, 11) is 17.4. The minimum absolute atomic E-state index is 0.756. The molecule has 210 valence electrons. The highest BCUT2D eigenvalue weighted by molar-refractivity contribution is 8.76. The zero-order chi connectivity index (χ0) is 28.0. The molecule has 6 nitrogen and oxygen atoms in total. The minimum Gasteiger partial charge on any atom is -0.374 e. The molecule has 38 heavy (non-hydrogen) atoms. The molecule has 0 aromatic heterocycles. The number of nitrogens with zero attached hydrogens (tertiary/aromatic N) is 4. The van der Waals surface area contributed by atoms with Gasteiger partial charge in [0.05, 0.1) is 65.9 Å². The highest BCUT2D eigenvalue weighted by atomic mass is 33.1. The van der Waals surface area contributed by atoms with Gasteiger partial charge in [-0.05, 0) is 24.3 Å². The highest BCUT2D eigenvalue weighted by Crippen LogP contribution is 2.23. The van der Waals surface area contributed by atoms with Crippen molar-refractivity contribution in [2.45, 2.75) is 12.8 Å². The Labute approximate surface area is 238 Å². The summed E-state index contributed by atoms with van der Waals surface area (Å²) >= 11 is 0. The van der Waals surface area contributed by atoms with Crippen molar-refractivity contribution in [1.29, 1.82) is 0 Å². The number of para-hydroxylation sites is 2. The van der Waals surface area contributed by atoms with Gasteiger partial charge in [-0.1, -0.05) is 45.9 Å². The van der Waals surface area contributed by atoms with Gasteiger partial charge in [0.25, 0.3) is 0 Å². The lowest BCUT2D eigenvalue weighted by atomic mass is 10.2. The minimum atomic E-state index is 0.756. The van der Waals surface area contributed by atoms with E-state index < -0.39 is 0 Å². The number of hydrogen-bond acceptors (Lipinski definition) is 6. The normalized spacial score (nSPS) is 11.8. The second-order valence-corrected chi connectivity index (χ2v) is 14.0. The van der Waals surface area contributed by atoms with Crippen LogP contribution in [0.5, 0.6) is 0 Å². The number of anilines is 2. The molecule has 0 atom stereocenters. The smallest absolute Gasteiger partial charge is 0.152 e. The average Bonchev–Trinajstić information content (AvgIpc) is 2.90. The Hall–Kier alpha value is -2.00. The number of benzene rings is 2. The SMILES string of the molecule is CN(CCC[N+](C)(C)CCSSCC[N+](C)(C)CCCN(C)c1ccccc1C=O)c1ccccc1C=O. The lowest BCUT2D eigenvalue weighted by molar-refractivity contribution is -0.887. The molecule has 0 heterocycles. The maximum atomic E-state index is 11.3. The molecule has 0 aliphatic rings. The van der Waals surface area contributed by atoms with E-state index in [1.165, 1.54) is 0 Å². The first-order valence-electron chi connectivity index (χ1n) is 13.5. The highest BCUT2D eigenvalue weighted by Gasteiger charge is 2.18. The summed E-state index contributed by atoms with van der Waals surface area (Å²) in [5, 5.41) is 0. The Morgan fingerprint density at radius 3 is 1.37 bits per heavy atom. The van der Waals surface area contributed by atoms with Crippen LogP contribution in [0.15, 0.2) is 48.5 Å². The summed E-state index contributed by atoms with van der Waals surface area (Å²) in [6.45, 7) is 6.43. The molecule has 0 unspecified atom stereocenters. The number of carbonyl (C=O) groups excluding carboxylic acids is 2. The summed E-state index contributed by atoms with van der Waals surface area (Å²) in [5.74, 6) is 2.30. The van der Waals surface area contributed by atoms with E-state index >= 15 is 0 Å². The van der Waals surface area contributed by atoms with Crippen LogP contribution >= 0.6 is 21.6 Å². The monoisotopic (exact) mass is 560 g/mol. The van der Waals surface area contributed by atoms with E-state index in [2.05, 4.69) is 52.1 Å². The first-order valence-corrected chi connectivity index (χ1v) is 16.0. The molecule has 0 radical (unpaired) electrons. The van der Waals surface area contributed by atoms with E-state index in [1.54, 1.807) is 0 Å². The number of rotatable bonds is 19. The fourth-order valence-corrected chi connectivity index (χ4v) is 7.02. The Bertz CT molecular complexity index is 920. The van der Waals surface area contributed by atoms with E-state index in [9.17, 15) is 9.59 Å². The van der Waals surface area contributed by atoms with Crippen LogP contribution in [0.3, 0.4) is 0 Å². The van der Waals surface area contributed by atoms with Crippen LogP contribution in [0.1, 0.15) is 33.6 Å². The van der Waals surface area contributed by atoms with E-state index in [4.69, 9.17) is 0 Å². The predicted octanol–water partition coefficient (Wildman–Crippen LogP) is 5.20. The molecule has 0 saturated carbocycles. The lowest BCUT2D eigenvalue weighted by Crippen LogP contribution is -2.43. The van der Waals surface area contributed by atoms with E-state index in [0.29, 0.717) is 0 Å². The molecule has 0 bridgehead atoms. The second kappa shape index (κ2) is 16.2. The zero-order valence-electron chi connectivity index (χ0n) is 24.3. The van der Waals surface area contributed by atoms with Crippen molar-refractivity contribution in [1.82, 2.24) is 0 Å². The van der Waals surface area contributed by atoms with Crippen LogP contribution in [0.2, 0.25) is 0 Å². The molecule has 2 aromatic carbocycles. The third-order valence-electron chi connectivity index (χ3n) is 7.11. The van der Waals surface area contributed by atoms with E-state index in [1.807, 2.05) is 70.1 Å². The van der Waals surface area contributed by atoms with Crippen LogP contribution in [-0.2, 0) is 0 Å². The summed E-state index contributed by atoms with van der Waals surface area (Å²) in [4.78, 5) is 27.0. The Morgan fingerprint density at radius 2 is 1.00 bits per heavy atom. The van der Waals surface area contributed by atoms with Crippen LogP contribution in [0, 0.1) is 0 Å². The molecule has 0 spiro atoms. The largest absolute Gasteiger partial charge is 0.374 e. The lowest BCUT2D eigenvalue weighted by Gasteiger charge is -2.31. The maximum absolute atomic E-state index is 11.3. The molecule has 0 N–H and O–H groups in total. The van der Waals surface area contributed by atoms with Crippen LogP contribution in [0.4, 0.5) is 11.4 Å². The fraction of sp³-hybridized carbons (Fsp3) is 0.533. The molecular formula is C30H48N4O2S2+2. The quantitative estimate of drug-likeness (QED) is 0.102. The number of carbonyl (C=O) groups is 2. The molecule has 0 saturated heterocycles. The molecular weight excluding hydrogens is 512 g/mol. The van der Waals surface area contributed by atoms with Crippen molar-refractivity contribution in [3.05, 3.63) is 59.7 Å². The van der Waals surface area contributed by atoms with Crippen molar-refractivity contribution in [3.63, 3.8) is 0 Å². The van der Waals surface area contributed by atoms with E-state index in [-0.39, 0.29) is 0 Å². The third kappa shape index (κ3) is 11.4. The Balaban J connectivity index is 1.59. The van der Waals surface area contributed by atoms with Crippen molar-refractivity contribution < 1.29 is 18.6 Å². The van der Waals surface area contributed by atoms with Gasteiger partial charge in [0.15, 0.2) is 12.6 Å². The van der Waals surface area contributed by atoms with Gasteiger partial charge in [-0.2, -0.15) is 0 Å². The van der Waals surface area contributed by atoms with Crippen molar-refractivity contribution in [2.24, 2.45) is 0 Å². The first kappa shape index (κ1) is 32.2. The Kier molecular flexibility index (Phi) is 13.7. The first-order chi connectivity index (χ1) is 18.1. The van der Waals surface area contributed by atoms with Gasteiger partial charge < -0.3 is 18.8 Å². The van der Waals surface area contributed by atoms with Crippen molar-refractivity contribution in [2.75, 3.05) is 103 Å². The van der Waals surface area contributed by atoms with Gasteiger partial charge in [-0.3, -0.25) is 9.59 Å². The van der Waals surface area contributed by atoms with Gasteiger partial charge in [0, 0.05) is 62.5 Å². The van der Waals surface area contributed by atoms with Gasteiger partial charge in [0.1, 0.15) is 0 Å². The number of hydrogen-bond donors (Lipinski definition) is 0.